The number of thiocarbonyl (C=S) groups is 1. The molecular weight excluding hydrogens is 202 g/mol. The number of nitrogens with two attached hydrogens (primary N) is 1. The molecule has 1 saturated heterocycles. The van der Waals surface area contributed by atoms with Crippen molar-refractivity contribution in [2.24, 2.45) is 5.73 Å². The highest BCUT2D eigenvalue weighted by Gasteiger charge is 2.23. The number of likely N-dealkylation sites (N-methyl/N-ethyl adjacent to an activating group) is 1. The largest absolute Gasteiger partial charge is 0.391 e. The lowest BCUT2D eigenvalue weighted by molar-refractivity contribution is -0.123. The van der Waals surface area contributed by atoms with Crippen LogP contribution in [0.3, 0.4) is 0 Å². The predicted octanol–water partition coefficient (Wildman–Crippen LogP) is -1.28. The van der Waals surface area contributed by atoms with Gasteiger partial charge in [-0.05, 0) is 0 Å². The standard InChI is InChI=1S/C8H15N3O2S/c1-10-7(12)5-11-2-3-13-6(4-11)8(9)14/h6H,2-5H2,1H3,(H2,9,14)(H,10,12). The van der Waals surface area contributed by atoms with Crippen LogP contribution in [0.25, 0.3) is 0 Å². The van der Waals surface area contributed by atoms with Crippen molar-refractivity contribution in [1.29, 1.82) is 0 Å². The lowest BCUT2D eigenvalue weighted by atomic mass is 10.2. The third-order valence-electron chi connectivity index (χ3n) is 2.11. The van der Waals surface area contributed by atoms with E-state index in [1.54, 1.807) is 7.05 Å². The molecule has 0 spiro atoms. The van der Waals surface area contributed by atoms with Crippen LogP contribution in [0.2, 0.25) is 0 Å². The van der Waals surface area contributed by atoms with Crippen LogP contribution in [-0.2, 0) is 9.53 Å². The van der Waals surface area contributed by atoms with Crippen molar-refractivity contribution in [2.75, 3.05) is 33.3 Å². The minimum atomic E-state index is -0.219. The van der Waals surface area contributed by atoms with E-state index in [1.807, 2.05) is 4.90 Å². The Morgan fingerprint density at radius 3 is 3.07 bits per heavy atom. The molecule has 14 heavy (non-hydrogen) atoms. The zero-order valence-corrected chi connectivity index (χ0v) is 8.97. The van der Waals surface area contributed by atoms with Crippen molar-refractivity contribution >= 4 is 23.1 Å². The second-order valence-electron chi connectivity index (χ2n) is 3.17. The van der Waals surface area contributed by atoms with Crippen LogP contribution in [0.5, 0.6) is 0 Å². The summed E-state index contributed by atoms with van der Waals surface area (Å²) in [7, 11) is 1.62. The van der Waals surface area contributed by atoms with Gasteiger partial charge in [0, 0.05) is 20.1 Å². The molecule has 1 rings (SSSR count). The summed E-state index contributed by atoms with van der Waals surface area (Å²) >= 11 is 4.84. The fourth-order valence-electron chi connectivity index (χ4n) is 1.30. The second-order valence-corrected chi connectivity index (χ2v) is 3.64. The van der Waals surface area contributed by atoms with Gasteiger partial charge in [0.25, 0.3) is 0 Å². The second kappa shape index (κ2) is 5.23. The minimum Gasteiger partial charge on any atom is -0.391 e. The number of amides is 1. The Kier molecular flexibility index (Phi) is 4.24. The minimum absolute atomic E-state index is 0.00594. The number of carbonyl (C=O) groups is 1. The molecule has 5 nitrogen and oxygen atoms in total. The zero-order valence-electron chi connectivity index (χ0n) is 8.16. The molecule has 0 radical (unpaired) electrons. The molecule has 1 amide bonds. The number of nitrogens with one attached hydrogen (secondary N) is 1. The number of morpholine rings is 1. The molecule has 0 aliphatic carbocycles. The topological polar surface area (TPSA) is 67.6 Å². The SMILES string of the molecule is CNC(=O)CN1CCOC(C(N)=S)C1. The summed E-state index contributed by atoms with van der Waals surface area (Å²) in [5.74, 6) is -0.00594. The third-order valence-corrected chi connectivity index (χ3v) is 2.38. The van der Waals surface area contributed by atoms with Crippen molar-refractivity contribution in [3.8, 4) is 0 Å². The molecule has 1 fully saturated rings. The van der Waals surface area contributed by atoms with Crippen LogP contribution < -0.4 is 11.1 Å². The summed E-state index contributed by atoms with van der Waals surface area (Å²) in [6, 6.07) is 0. The first-order valence-electron chi connectivity index (χ1n) is 4.47. The number of hydrogen-bond acceptors (Lipinski definition) is 4. The summed E-state index contributed by atoms with van der Waals surface area (Å²) in [5, 5.41) is 2.57. The van der Waals surface area contributed by atoms with Crippen LogP contribution in [0, 0.1) is 0 Å². The van der Waals surface area contributed by atoms with Gasteiger partial charge in [0.15, 0.2) is 0 Å². The summed E-state index contributed by atoms with van der Waals surface area (Å²) in [4.78, 5) is 13.4. The number of hydrogen-bond donors (Lipinski definition) is 2. The molecule has 80 valence electrons. The Bertz CT molecular complexity index is 235. The molecule has 6 heteroatoms. The Balaban J connectivity index is 2.40. The maximum Gasteiger partial charge on any atom is 0.233 e. The summed E-state index contributed by atoms with van der Waals surface area (Å²) in [6.45, 7) is 2.28. The molecule has 1 aliphatic heterocycles. The van der Waals surface area contributed by atoms with Gasteiger partial charge < -0.3 is 15.8 Å². The highest BCUT2D eigenvalue weighted by atomic mass is 32.1. The van der Waals surface area contributed by atoms with Gasteiger partial charge in [-0.1, -0.05) is 12.2 Å². The van der Waals surface area contributed by atoms with E-state index in [0.29, 0.717) is 24.7 Å². The quantitative estimate of drug-likeness (QED) is 0.576. The number of rotatable bonds is 3. The van der Waals surface area contributed by atoms with Gasteiger partial charge in [-0.2, -0.15) is 0 Å². The average Bonchev–Trinajstić information content (AvgIpc) is 2.18. The van der Waals surface area contributed by atoms with Crippen molar-refractivity contribution in [3.05, 3.63) is 0 Å². The molecule has 3 N–H and O–H groups in total. The van der Waals surface area contributed by atoms with Crippen molar-refractivity contribution in [2.45, 2.75) is 6.10 Å². The summed E-state index contributed by atoms with van der Waals surface area (Å²) < 4.78 is 5.35. The molecule has 1 unspecified atom stereocenters. The first kappa shape index (κ1) is 11.4. The van der Waals surface area contributed by atoms with Gasteiger partial charge in [0.1, 0.15) is 11.1 Å². The van der Waals surface area contributed by atoms with E-state index >= 15 is 0 Å². The molecule has 0 aromatic rings. The molecule has 1 heterocycles. The lowest BCUT2D eigenvalue weighted by Crippen LogP contribution is -2.50. The van der Waals surface area contributed by atoms with Gasteiger partial charge in [-0.25, -0.2) is 0 Å². The monoisotopic (exact) mass is 217 g/mol. The van der Waals surface area contributed by atoms with E-state index in [1.165, 1.54) is 0 Å². The summed E-state index contributed by atoms with van der Waals surface area (Å²) in [6.07, 6.45) is -0.219. The Labute approximate surface area is 88.6 Å². The highest BCUT2D eigenvalue weighted by Crippen LogP contribution is 2.04. The van der Waals surface area contributed by atoms with Gasteiger partial charge >= 0.3 is 0 Å². The smallest absolute Gasteiger partial charge is 0.233 e. The fraction of sp³-hybridized carbons (Fsp3) is 0.750. The maximum absolute atomic E-state index is 11.1. The first-order chi connectivity index (χ1) is 6.63. The van der Waals surface area contributed by atoms with E-state index in [9.17, 15) is 4.79 Å². The summed E-state index contributed by atoms with van der Waals surface area (Å²) in [5.41, 5.74) is 5.47. The maximum atomic E-state index is 11.1. The van der Waals surface area contributed by atoms with E-state index < -0.39 is 0 Å². The van der Waals surface area contributed by atoms with Gasteiger partial charge in [0.05, 0.1) is 13.2 Å². The van der Waals surface area contributed by atoms with Crippen LogP contribution in [0.1, 0.15) is 0 Å². The lowest BCUT2D eigenvalue weighted by Gasteiger charge is -2.31. The van der Waals surface area contributed by atoms with Gasteiger partial charge in [-0.3, -0.25) is 9.69 Å². The highest BCUT2D eigenvalue weighted by molar-refractivity contribution is 7.80. The Hall–Kier alpha value is -0.720. The first-order valence-corrected chi connectivity index (χ1v) is 4.88. The normalized spacial score (nSPS) is 23.1. The Morgan fingerprint density at radius 1 is 1.79 bits per heavy atom. The van der Waals surface area contributed by atoms with Crippen molar-refractivity contribution in [3.63, 3.8) is 0 Å². The number of carbonyl (C=O) groups excluding carboxylic acids is 1. The van der Waals surface area contributed by atoms with E-state index in [2.05, 4.69) is 5.32 Å². The van der Waals surface area contributed by atoms with Gasteiger partial charge in [0.2, 0.25) is 5.91 Å². The van der Waals surface area contributed by atoms with E-state index in [4.69, 9.17) is 22.7 Å². The molecular formula is C8H15N3O2S. The molecule has 1 aliphatic rings. The van der Waals surface area contributed by atoms with Crippen LogP contribution in [0.4, 0.5) is 0 Å². The number of ether oxygens (including phenoxy) is 1. The van der Waals surface area contributed by atoms with E-state index in [0.717, 1.165) is 6.54 Å². The average molecular weight is 217 g/mol. The van der Waals surface area contributed by atoms with Crippen LogP contribution in [0.15, 0.2) is 0 Å². The van der Waals surface area contributed by atoms with E-state index in [-0.39, 0.29) is 12.0 Å². The molecule has 0 saturated carbocycles. The third kappa shape index (κ3) is 3.21. The molecule has 0 aromatic heterocycles. The number of nitrogens with zero attached hydrogens (tertiary/aromatic N) is 1. The molecule has 1 atom stereocenters. The van der Waals surface area contributed by atoms with Crippen molar-refractivity contribution in [1.82, 2.24) is 10.2 Å². The fourth-order valence-corrected chi connectivity index (χ4v) is 1.44. The van der Waals surface area contributed by atoms with Crippen LogP contribution in [-0.4, -0.2) is 55.2 Å². The van der Waals surface area contributed by atoms with Crippen LogP contribution >= 0.6 is 12.2 Å². The molecule has 0 aromatic carbocycles. The van der Waals surface area contributed by atoms with Gasteiger partial charge in [-0.15, -0.1) is 0 Å². The molecule has 0 bridgehead atoms. The predicted molar refractivity (Wildman–Crippen MR) is 57.0 cm³/mol. The Morgan fingerprint density at radius 2 is 2.50 bits per heavy atom. The van der Waals surface area contributed by atoms with Crippen molar-refractivity contribution < 1.29 is 9.53 Å². The zero-order chi connectivity index (χ0) is 10.6.